The van der Waals surface area contributed by atoms with E-state index in [0.717, 1.165) is 5.56 Å². The van der Waals surface area contributed by atoms with E-state index in [2.05, 4.69) is 0 Å². The van der Waals surface area contributed by atoms with E-state index in [-0.39, 0.29) is 10.7 Å². The molecule has 0 aliphatic carbocycles. The summed E-state index contributed by atoms with van der Waals surface area (Å²) in [5.74, 6) is 0.707. The highest BCUT2D eigenvalue weighted by Gasteiger charge is 2.12. The van der Waals surface area contributed by atoms with Gasteiger partial charge in [0.25, 0.3) is 5.69 Å². The molecule has 88 valence electrons. The van der Waals surface area contributed by atoms with E-state index >= 15 is 0 Å². The van der Waals surface area contributed by atoms with Gasteiger partial charge in [-0.25, -0.2) is 0 Å². The highest BCUT2D eigenvalue weighted by Crippen LogP contribution is 2.30. The van der Waals surface area contributed by atoms with Crippen LogP contribution in [-0.2, 0) is 5.75 Å². The molecule has 2 aromatic rings. The molecule has 17 heavy (non-hydrogen) atoms. The molecule has 0 saturated carbocycles. The SMILES string of the molecule is O=[N+]([O-])c1cc(CSc2cccs2)ccc1Cl. The fourth-order valence-electron chi connectivity index (χ4n) is 1.29. The topological polar surface area (TPSA) is 43.1 Å². The molecule has 0 radical (unpaired) electrons. The first-order valence-corrected chi connectivity index (χ1v) is 7.00. The lowest BCUT2D eigenvalue weighted by Gasteiger charge is -2.01. The summed E-state index contributed by atoms with van der Waals surface area (Å²) in [7, 11) is 0. The van der Waals surface area contributed by atoms with Crippen LogP contribution in [0.2, 0.25) is 5.02 Å². The highest BCUT2D eigenvalue weighted by atomic mass is 35.5. The summed E-state index contributed by atoms with van der Waals surface area (Å²) in [6.45, 7) is 0. The van der Waals surface area contributed by atoms with Crippen LogP contribution in [0.1, 0.15) is 5.56 Å². The average molecular weight is 286 g/mol. The zero-order valence-corrected chi connectivity index (χ0v) is 11.0. The van der Waals surface area contributed by atoms with Crippen LogP contribution in [0.25, 0.3) is 0 Å². The molecular weight excluding hydrogens is 278 g/mol. The van der Waals surface area contributed by atoms with Crippen LogP contribution in [0.15, 0.2) is 39.9 Å². The molecule has 6 heteroatoms. The number of nitro benzene ring substituents is 1. The molecular formula is C11H8ClNO2S2. The van der Waals surface area contributed by atoms with E-state index < -0.39 is 4.92 Å². The summed E-state index contributed by atoms with van der Waals surface area (Å²) in [6, 6.07) is 8.93. The number of thiophene rings is 1. The molecule has 1 heterocycles. The van der Waals surface area contributed by atoms with Gasteiger partial charge in [0.1, 0.15) is 5.02 Å². The molecule has 0 aliphatic heterocycles. The van der Waals surface area contributed by atoms with Crippen molar-refractivity contribution >= 4 is 40.4 Å². The van der Waals surface area contributed by atoms with Crippen molar-refractivity contribution in [3.8, 4) is 0 Å². The van der Waals surface area contributed by atoms with Crippen molar-refractivity contribution in [1.29, 1.82) is 0 Å². The van der Waals surface area contributed by atoms with Gasteiger partial charge in [-0.15, -0.1) is 23.1 Å². The molecule has 0 spiro atoms. The van der Waals surface area contributed by atoms with Gasteiger partial charge in [-0.1, -0.05) is 23.7 Å². The third-order valence-electron chi connectivity index (χ3n) is 2.08. The molecule has 1 aromatic heterocycles. The maximum atomic E-state index is 10.7. The van der Waals surface area contributed by atoms with Crippen molar-refractivity contribution in [3.63, 3.8) is 0 Å². The first-order valence-electron chi connectivity index (χ1n) is 4.76. The van der Waals surface area contributed by atoms with Gasteiger partial charge in [-0.2, -0.15) is 0 Å². The van der Waals surface area contributed by atoms with Gasteiger partial charge in [0.05, 0.1) is 9.13 Å². The molecule has 0 unspecified atom stereocenters. The summed E-state index contributed by atoms with van der Waals surface area (Å²) >= 11 is 9.06. The lowest BCUT2D eigenvalue weighted by atomic mass is 10.2. The third kappa shape index (κ3) is 3.21. The summed E-state index contributed by atoms with van der Waals surface area (Å²) in [5.41, 5.74) is 0.871. The Bertz CT molecular complexity index is 528. The first kappa shape index (κ1) is 12.4. The number of halogens is 1. The van der Waals surface area contributed by atoms with Crippen molar-refractivity contribution in [1.82, 2.24) is 0 Å². The summed E-state index contributed by atoms with van der Waals surface area (Å²) < 4.78 is 1.20. The maximum Gasteiger partial charge on any atom is 0.288 e. The predicted molar refractivity (Wildman–Crippen MR) is 72.0 cm³/mol. The molecule has 1 aromatic carbocycles. The van der Waals surface area contributed by atoms with Crippen LogP contribution in [0.3, 0.4) is 0 Å². The molecule has 0 bridgehead atoms. The fourth-order valence-corrected chi connectivity index (χ4v) is 3.20. The predicted octanol–water partition coefficient (Wildman–Crippen LogP) is 4.60. The van der Waals surface area contributed by atoms with E-state index in [9.17, 15) is 10.1 Å². The Morgan fingerprint density at radius 2 is 2.24 bits per heavy atom. The number of hydrogen-bond acceptors (Lipinski definition) is 4. The molecule has 2 rings (SSSR count). The standard InChI is InChI=1S/C11H8ClNO2S2/c12-9-4-3-8(6-10(9)13(14)15)7-17-11-2-1-5-16-11/h1-6H,7H2. The van der Waals surface area contributed by atoms with E-state index in [1.54, 1.807) is 29.2 Å². The van der Waals surface area contributed by atoms with Crippen LogP contribution < -0.4 is 0 Å². The van der Waals surface area contributed by atoms with E-state index in [1.165, 1.54) is 10.3 Å². The number of hydrogen-bond donors (Lipinski definition) is 0. The zero-order valence-electron chi connectivity index (χ0n) is 8.63. The Morgan fingerprint density at radius 3 is 2.88 bits per heavy atom. The second-order valence-electron chi connectivity index (χ2n) is 3.26. The van der Waals surface area contributed by atoms with Crippen molar-refractivity contribution < 1.29 is 4.92 Å². The van der Waals surface area contributed by atoms with Crippen LogP contribution in [-0.4, -0.2) is 4.92 Å². The summed E-state index contributed by atoms with van der Waals surface area (Å²) in [4.78, 5) is 10.3. The maximum absolute atomic E-state index is 10.7. The zero-order chi connectivity index (χ0) is 12.3. The molecule has 0 N–H and O–H groups in total. The van der Waals surface area contributed by atoms with Crippen molar-refractivity contribution in [2.75, 3.05) is 0 Å². The van der Waals surface area contributed by atoms with Gasteiger partial charge in [-0.05, 0) is 23.1 Å². The van der Waals surface area contributed by atoms with E-state index in [0.29, 0.717) is 5.75 Å². The largest absolute Gasteiger partial charge is 0.288 e. The van der Waals surface area contributed by atoms with Crippen molar-refractivity contribution in [2.24, 2.45) is 0 Å². The lowest BCUT2D eigenvalue weighted by molar-refractivity contribution is -0.384. The Kier molecular flexibility index (Phi) is 4.04. The van der Waals surface area contributed by atoms with Gasteiger partial charge < -0.3 is 0 Å². The number of benzene rings is 1. The fraction of sp³-hybridized carbons (Fsp3) is 0.0909. The van der Waals surface area contributed by atoms with Crippen LogP contribution >= 0.6 is 34.7 Å². The molecule has 0 aliphatic rings. The number of nitrogens with zero attached hydrogens (tertiary/aromatic N) is 1. The number of rotatable bonds is 4. The normalized spacial score (nSPS) is 10.4. The van der Waals surface area contributed by atoms with Crippen LogP contribution in [0, 0.1) is 10.1 Å². The second-order valence-corrected chi connectivity index (χ2v) is 5.89. The molecule has 0 atom stereocenters. The number of thioether (sulfide) groups is 1. The van der Waals surface area contributed by atoms with Gasteiger partial charge in [-0.3, -0.25) is 10.1 Å². The molecule has 3 nitrogen and oxygen atoms in total. The molecule has 0 saturated heterocycles. The number of nitro groups is 1. The second kappa shape index (κ2) is 5.53. The molecule has 0 fully saturated rings. The Balaban J connectivity index is 2.11. The third-order valence-corrected chi connectivity index (χ3v) is 4.61. The highest BCUT2D eigenvalue weighted by molar-refractivity contribution is 8.00. The van der Waals surface area contributed by atoms with Crippen molar-refractivity contribution in [2.45, 2.75) is 9.96 Å². The lowest BCUT2D eigenvalue weighted by Crippen LogP contribution is -1.91. The average Bonchev–Trinajstić information content (AvgIpc) is 2.80. The van der Waals surface area contributed by atoms with Crippen molar-refractivity contribution in [3.05, 3.63) is 56.4 Å². The van der Waals surface area contributed by atoms with Gasteiger partial charge >= 0.3 is 0 Å². The quantitative estimate of drug-likeness (QED) is 0.468. The van der Waals surface area contributed by atoms with Gasteiger partial charge in [0, 0.05) is 11.8 Å². The Labute approximate surface area is 112 Å². The summed E-state index contributed by atoms with van der Waals surface area (Å²) in [5, 5.41) is 12.9. The van der Waals surface area contributed by atoms with Gasteiger partial charge in [0.2, 0.25) is 0 Å². The first-order chi connectivity index (χ1) is 8.16. The monoisotopic (exact) mass is 285 g/mol. The molecule has 0 amide bonds. The smallest absolute Gasteiger partial charge is 0.258 e. The minimum absolute atomic E-state index is 0.0315. The summed E-state index contributed by atoms with van der Waals surface area (Å²) in [6.07, 6.45) is 0. The van der Waals surface area contributed by atoms with Gasteiger partial charge in [0.15, 0.2) is 0 Å². The minimum atomic E-state index is -0.457. The van der Waals surface area contributed by atoms with Crippen LogP contribution in [0.5, 0.6) is 0 Å². The van der Waals surface area contributed by atoms with E-state index in [4.69, 9.17) is 11.6 Å². The minimum Gasteiger partial charge on any atom is -0.258 e. The Morgan fingerprint density at radius 1 is 1.41 bits per heavy atom. The van der Waals surface area contributed by atoms with E-state index in [1.807, 2.05) is 23.6 Å². The Hall–Kier alpha value is -1.04. The van der Waals surface area contributed by atoms with Crippen LogP contribution in [0.4, 0.5) is 5.69 Å².